The van der Waals surface area contributed by atoms with E-state index in [0.717, 1.165) is 28.4 Å². The van der Waals surface area contributed by atoms with Crippen molar-refractivity contribution in [3.63, 3.8) is 0 Å². The lowest BCUT2D eigenvalue weighted by Gasteiger charge is -2.49. The number of hydrogen-bond donors (Lipinski definition) is 6. The molecule has 0 radical (unpaired) electrons. The van der Waals surface area contributed by atoms with E-state index in [9.17, 15) is 39.7 Å². The summed E-state index contributed by atoms with van der Waals surface area (Å²) in [5.41, 5.74) is 5.12. The van der Waals surface area contributed by atoms with Crippen LogP contribution in [0.2, 0.25) is 0 Å². The Morgan fingerprint density at radius 3 is 2.68 bits per heavy atom. The van der Waals surface area contributed by atoms with E-state index in [1.54, 1.807) is 0 Å². The van der Waals surface area contributed by atoms with Crippen molar-refractivity contribution in [2.45, 2.75) is 11.4 Å². The van der Waals surface area contributed by atoms with Gasteiger partial charge in [-0.2, -0.15) is 0 Å². The molecule has 2 atom stereocenters. The van der Waals surface area contributed by atoms with Gasteiger partial charge in [-0.05, 0) is 29.8 Å². The minimum Gasteiger partial charge on any atom is -0.504 e. The Morgan fingerprint density at radius 1 is 1.29 bits per heavy atom. The summed E-state index contributed by atoms with van der Waals surface area (Å²) >= 11 is 2.23. The normalized spacial score (nSPS) is 19.2. The highest BCUT2D eigenvalue weighted by atomic mass is 32.2. The number of amides is 2. The number of β-lactam (4-membered cyclic amide) rings is 1. The summed E-state index contributed by atoms with van der Waals surface area (Å²) in [6, 6.07) is 2.36. The maximum Gasteiger partial charge on any atom is 0.352 e. The molecule has 14 nitrogen and oxygen atoms in total. The van der Waals surface area contributed by atoms with Crippen LogP contribution < -0.4 is 11.1 Å². The predicted octanol–water partition coefficient (Wildman–Crippen LogP) is 0.467. The number of phenols is 2. The van der Waals surface area contributed by atoms with Crippen LogP contribution in [0, 0.1) is 0 Å². The molecular formula is C22H19N5O9S2. The van der Waals surface area contributed by atoms with Crippen molar-refractivity contribution < 1.29 is 44.4 Å². The number of carboxylic acid groups (broad SMARTS) is 1. The van der Waals surface area contributed by atoms with Crippen molar-refractivity contribution in [1.82, 2.24) is 15.2 Å². The Morgan fingerprint density at radius 2 is 2.05 bits per heavy atom. The number of anilines is 1. The zero-order valence-corrected chi connectivity index (χ0v) is 20.7. The summed E-state index contributed by atoms with van der Waals surface area (Å²) in [6.07, 6.45) is 2.81. The number of nitrogens with one attached hydrogen (secondary N) is 1. The van der Waals surface area contributed by atoms with Crippen molar-refractivity contribution in [2.24, 2.45) is 5.16 Å². The van der Waals surface area contributed by atoms with Gasteiger partial charge in [0.2, 0.25) is 0 Å². The van der Waals surface area contributed by atoms with Gasteiger partial charge in [0.05, 0.1) is 5.56 Å². The molecular weight excluding hydrogens is 542 g/mol. The molecule has 38 heavy (non-hydrogen) atoms. The molecule has 1 fully saturated rings. The molecule has 0 saturated carbocycles. The lowest BCUT2D eigenvalue weighted by atomic mass is 10.0. The first-order valence-electron chi connectivity index (χ1n) is 10.6. The number of fused-ring (bicyclic) bond motifs is 1. The number of carboxylic acids is 1. The number of carbonyl (C=O) groups is 4. The zero-order valence-electron chi connectivity index (χ0n) is 19.1. The maximum absolute atomic E-state index is 12.8. The molecule has 1 aromatic heterocycles. The third-order valence-electron chi connectivity index (χ3n) is 5.41. The Kier molecular flexibility index (Phi) is 7.54. The first-order valence-corrected chi connectivity index (χ1v) is 12.6. The van der Waals surface area contributed by atoms with Crippen LogP contribution in [0.3, 0.4) is 0 Å². The number of nitrogens with two attached hydrogens (primary N) is 1. The number of nitrogen functional groups attached to an aromatic ring is 1. The SMILES string of the molecule is Nc1nc(/C(=N/O)C(=O)N[C@@H]2C(=O)N3C(C(=O)O)=C(/C=C/COC(=O)c4ccc(O)c(O)c4)CS[C@H]23)cs1. The molecule has 3 heterocycles. The second-order valence-electron chi connectivity index (χ2n) is 7.76. The van der Waals surface area contributed by atoms with Gasteiger partial charge in [0.25, 0.3) is 11.8 Å². The number of phenolic OH excluding ortho intramolecular Hbond substituents is 2. The van der Waals surface area contributed by atoms with Crippen LogP contribution in [0.4, 0.5) is 5.13 Å². The van der Waals surface area contributed by atoms with Gasteiger partial charge >= 0.3 is 11.9 Å². The Bertz CT molecular complexity index is 1420. The summed E-state index contributed by atoms with van der Waals surface area (Å²) < 4.78 is 5.06. The molecule has 0 aliphatic carbocycles. The number of ether oxygens (including phenoxy) is 1. The van der Waals surface area contributed by atoms with E-state index in [-0.39, 0.29) is 40.0 Å². The smallest absolute Gasteiger partial charge is 0.352 e. The topological polar surface area (TPSA) is 225 Å². The van der Waals surface area contributed by atoms with Crippen LogP contribution >= 0.6 is 23.1 Å². The molecule has 0 unspecified atom stereocenters. The number of hydrogen-bond acceptors (Lipinski definition) is 13. The number of thiazole rings is 1. The van der Waals surface area contributed by atoms with Gasteiger partial charge in [-0.15, -0.1) is 23.1 Å². The summed E-state index contributed by atoms with van der Waals surface area (Å²) in [6.45, 7) is -0.234. The highest BCUT2D eigenvalue weighted by molar-refractivity contribution is 8.00. The lowest BCUT2D eigenvalue weighted by Crippen LogP contribution is -2.71. The number of aromatic nitrogens is 1. The van der Waals surface area contributed by atoms with E-state index < -0.39 is 52.4 Å². The number of oxime groups is 1. The number of rotatable bonds is 8. The number of carbonyl (C=O) groups excluding carboxylic acids is 3. The number of aromatic hydroxyl groups is 2. The van der Waals surface area contributed by atoms with Gasteiger partial charge in [0.1, 0.15) is 29.4 Å². The van der Waals surface area contributed by atoms with Gasteiger partial charge in [0.15, 0.2) is 22.3 Å². The van der Waals surface area contributed by atoms with Crippen LogP contribution in [-0.2, 0) is 19.1 Å². The molecule has 2 amide bonds. The highest BCUT2D eigenvalue weighted by Gasteiger charge is 2.54. The molecule has 16 heteroatoms. The molecule has 7 N–H and O–H groups in total. The minimum atomic E-state index is -1.36. The molecule has 198 valence electrons. The maximum atomic E-state index is 12.8. The minimum absolute atomic E-state index is 0.00196. The van der Waals surface area contributed by atoms with E-state index in [1.807, 2.05) is 0 Å². The van der Waals surface area contributed by atoms with Crippen LogP contribution in [0.1, 0.15) is 16.1 Å². The predicted molar refractivity (Wildman–Crippen MR) is 134 cm³/mol. The second-order valence-corrected chi connectivity index (χ2v) is 9.76. The number of thioether (sulfide) groups is 1. The quantitative estimate of drug-likeness (QED) is 0.0646. The number of aliphatic carboxylic acids is 1. The van der Waals surface area contributed by atoms with Crippen LogP contribution in [0.5, 0.6) is 11.5 Å². The van der Waals surface area contributed by atoms with E-state index in [2.05, 4.69) is 15.5 Å². The summed E-state index contributed by atoms with van der Waals surface area (Å²) in [4.78, 5) is 54.4. The third-order valence-corrected chi connectivity index (χ3v) is 7.38. The van der Waals surface area contributed by atoms with E-state index >= 15 is 0 Å². The zero-order chi connectivity index (χ0) is 27.6. The van der Waals surface area contributed by atoms with Crippen molar-refractivity contribution in [1.29, 1.82) is 0 Å². The number of esters is 1. The van der Waals surface area contributed by atoms with Gasteiger partial charge in [-0.25, -0.2) is 14.6 Å². The average molecular weight is 562 g/mol. The fourth-order valence-corrected chi connectivity index (χ4v) is 5.50. The van der Waals surface area contributed by atoms with Gasteiger partial charge in [0, 0.05) is 11.1 Å². The van der Waals surface area contributed by atoms with Gasteiger partial charge < -0.3 is 36.3 Å². The third kappa shape index (κ3) is 5.12. The van der Waals surface area contributed by atoms with Gasteiger partial charge in [-0.3, -0.25) is 14.5 Å². The fraction of sp³-hybridized carbons (Fsp3) is 0.182. The first kappa shape index (κ1) is 26.5. The van der Waals surface area contributed by atoms with E-state index in [0.29, 0.717) is 0 Å². The molecule has 0 bridgehead atoms. The van der Waals surface area contributed by atoms with Crippen molar-refractivity contribution >= 4 is 57.7 Å². The van der Waals surface area contributed by atoms with Crippen molar-refractivity contribution in [3.05, 3.63) is 58.3 Å². The molecule has 2 aliphatic heterocycles. The lowest BCUT2D eigenvalue weighted by molar-refractivity contribution is -0.150. The Labute approximate surface area is 221 Å². The standard InChI is InChI=1S/C22H19N5O9S2/c23-22-24-11(8-38-22)14(26-35)17(30)25-15-18(31)27-16(20(32)33)10(7-37-19(15)27)2-1-5-36-21(34)9-3-4-12(28)13(29)6-9/h1-4,6,8,15,19,28-29,35H,5,7H2,(H2,23,24)(H,25,30)(H,32,33)/b2-1+,26-14-/t15-,19-/m1/s1. The summed E-state index contributed by atoms with van der Waals surface area (Å²) in [7, 11) is 0. The fourth-order valence-electron chi connectivity index (χ4n) is 3.64. The Hall–Kier alpha value is -4.57. The Balaban J connectivity index is 1.41. The molecule has 4 rings (SSSR count). The molecule has 1 saturated heterocycles. The molecule has 2 aromatic rings. The molecule has 1 aromatic carbocycles. The average Bonchev–Trinajstić information content (AvgIpc) is 3.31. The summed E-state index contributed by atoms with van der Waals surface area (Å²) in [5, 5.41) is 44.0. The number of nitrogens with zero attached hydrogens (tertiary/aromatic N) is 3. The number of benzene rings is 1. The van der Waals surface area contributed by atoms with Crippen LogP contribution in [-0.4, -0.2) is 83.7 Å². The van der Waals surface area contributed by atoms with Crippen molar-refractivity contribution in [3.8, 4) is 11.5 Å². The van der Waals surface area contributed by atoms with Gasteiger partial charge in [-0.1, -0.05) is 11.2 Å². The van der Waals surface area contributed by atoms with Crippen molar-refractivity contribution in [2.75, 3.05) is 18.1 Å². The largest absolute Gasteiger partial charge is 0.504 e. The second kappa shape index (κ2) is 10.8. The molecule has 2 aliphatic rings. The van der Waals surface area contributed by atoms with E-state index in [1.165, 1.54) is 35.4 Å². The van der Waals surface area contributed by atoms with Crippen LogP contribution in [0.25, 0.3) is 0 Å². The van der Waals surface area contributed by atoms with E-state index in [4.69, 9.17) is 10.5 Å². The summed E-state index contributed by atoms with van der Waals surface area (Å²) in [5.74, 6) is -4.40. The first-order chi connectivity index (χ1) is 18.1. The molecule has 0 spiro atoms. The monoisotopic (exact) mass is 561 g/mol. The number of allylic oxidation sites excluding steroid dienone is 1. The highest BCUT2D eigenvalue weighted by Crippen LogP contribution is 2.40. The van der Waals surface area contributed by atoms with Crippen LogP contribution in [0.15, 0.2) is 52.2 Å².